The molecule has 0 heterocycles. The van der Waals surface area contributed by atoms with Gasteiger partial charge in [0.15, 0.2) is 0 Å². The third kappa shape index (κ3) is 5.86. The molecule has 0 saturated heterocycles. The van der Waals surface area contributed by atoms with Crippen LogP contribution in [0.1, 0.15) is 91.9 Å². The zero-order valence-electron chi connectivity index (χ0n) is 16.6. The first-order valence-corrected chi connectivity index (χ1v) is 10.00. The van der Waals surface area contributed by atoms with Gasteiger partial charge in [-0.05, 0) is 24.7 Å². The summed E-state index contributed by atoms with van der Waals surface area (Å²) in [6, 6.07) is 0. The van der Waals surface area contributed by atoms with E-state index in [1.165, 1.54) is 0 Å². The quantitative estimate of drug-likeness (QED) is 0.283. The van der Waals surface area contributed by atoms with Gasteiger partial charge in [-0.15, -0.1) is 0 Å². The zero-order chi connectivity index (χ0) is 19.5. The van der Waals surface area contributed by atoms with Crippen LogP contribution in [0.5, 0.6) is 0 Å². The standard InChI is InChI=1S/C21H38O4/c1-6-10-12-14-17(8-3)21(20(24)25,16(5)19(22)23)18(9-4)15-13-11-7-2/h17-18H,5-15H2,1-4H3,(H,22,23)(H,24,25). The Hall–Kier alpha value is -1.32. The molecule has 0 aromatic carbocycles. The molecule has 0 rings (SSSR count). The minimum atomic E-state index is -1.36. The molecule has 0 aliphatic rings. The second-order valence-corrected chi connectivity index (χ2v) is 7.16. The monoisotopic (exact) mass is 354 g/mol. The van der Waals surface area contributed by atoms with E-state index in [1.54, 1.807) is 0 Å². The number of hydrogen-bond donors (Lipinski definition) is 2. The van der Waals surface area contributed by atoms with E-state index in [2.05, 4.69) is 20.4 Å². The van der Waals surface area contributed by atoms with Crippen molar-refractivity contribution in [1.29, 1.82) is 0 Å². The fourth-order valence-corrected chi connectivity index (χ4v) is 4.27. The summed E-state index contributed by atoms with van der Waals surface area (Å²) in [4.78, 5) is 24.3. The summed E-state index contributed by atoms with van der Waals surface area (Å²) >= 11 is 0. The second kappa shape index (κ2) is 12.1. The van der Waals surface area contributed by atoms with Gasteiger partial charge in [-0.25, -0.2) is 4.79 Å². The number of carbonyl (C=O) groups is 2. The van der Waals surface area contributed by atoms with Crippen LogP contribution in [0.25, 0.3) is 0 Å². The highest BCUT2D eigenvalue weighted by atomic mass is 16.4. The van der Waals surface area contributed by atoms with Crippen molar-refractivity contribution in [3.63, 3.8) is 0 Å². The van der Waals surface area contributed by atoms with E-state index in [-0.39, 0.29) is 17.4 Å². The molecule has 0 amide bonds. The highest BCUT2D eigenvalue weighted by molar-refractivity contribution is 5.96. The molecule has 2 unspecified atom stereocenters. The van der Waals surface area contributed by atoms with Crippen LogP contribution >= 0.6 is 0 Å². The molecule has 25 heavy (non-hydrogen) atoms. The smallest absolute Gasteiger partial charge is 0.332 e. The van der Waals surface area contributed by atoms with Crippen molar-refractivity contribution in [2.75, 3.05) is 0 Å². The molecule has 0 saturated carbocycles. The van der Waals surface area contributed by atoms with Crippen LogP contribution < -0.4 is 0 Å². The maximum Gasteiger partial charge on any atom is 0.332 e. The van der Waals surface area contributed by atoms with E-state index in [0.29, 0.717) is 12.8 Å². The number of unbranched alkanes of at least 4 members (excludes halogenated alkanes) is 4. The van der Waals surface area contributed by atoms with Gasteiger partial charge < -0.3 is 10.2 Å². The van der Waals surface area contributed by atoms with E-state index >= 15 is 0 Å². The first-order valence-electron chi connectivity index (χ1n) is 10.00. The maximum absolute atomic E-state index is 12.5. The van der Waals surface area contributed by atoms with Crippen molar-refractivity contribution in [1.82, 2.24) is 0 Å². The lowest BCUT2D eigenvalue weighted by atomic mass is 9.58. The molecular weight excluding hydrogens is 316 g/mol. The molecule has 0 aromatic rings. The largest absolute Gasteiger partial charge is 0.481 e. The summed E-state index contributed by atoms with van der Waals surface area (Å²) in [5.41, 5.74) is -1.50. The minimum Gasteiger partial charge on any atom is -0.481 e. The molecule has 0 aliphatic carbocycles. The molecule has 0 bridgehead atoms. The lowest BCUT2D eigenvalue weighted by Gasteiger charge is -2.43. The van der Waals surface area contributed by atoms with Gasteiger partial charge in [0.1, 0.15) is 5.41 Å². The van der Waals surface area contributed by atoms with Crippen LogP contribution in [0.15, 0.2) is 12.2 Å². The maximum atomic E-state index is 12.5. The predicted molar refractivity (Wildman–Crippen MR) is 103 cm³/mol. The SMILES string of the molecule is C=C(C(=O)O)C(C(=O)O)(C(CC)CCCCC)C(CC)CCCCC. The number of hydrogen-bond acceptors (Lipinski definition) is 2. The normalized spacial score (nSPS) is 16.0. The average molecular weight is 355 g/mol. The predicted octanol–water partition coefficient (Wildman–Crippen LogP) is 5.91. The Labute approximate surface area is 153 Å². The summed E-state index contributed by atoms with van der Waals surface area (Å²) < 4.78 is 0. The third-order valence-electron chi connectivity index (χ3n) is 5.70. The Morgan fingerprint density at radius 3 is 1.48 bits per heavy atom. The van der Waals surface area contributed by atoms with Gasteiger partial charge in [0.05, 0.1) is 0 Å². The van der Waals surface area contributed by atoms with Gasteiger partial charge in [0.2, 0.25) is 0 Å². The van der Waals surface area contributed by atoms with Gasteiger partial charge in [-0.3, -0.25) is 4.79 Å². The van der Waals surface area contributed by atoms with Crippen LogP contribution in [-0.4, -0.2) is 22.2 Å². The summed E-state index contributed by atoms with van der Waals surface area (Å²) in [5, 5.41) is 19.9. The van der Waals surface area contributed by atoms with Crippen LogP contribution in [0.4, 0.5) is 0 Å². The lowest BCUT2D eigenvalue weighted by molar-refractivity contribution is -0.158. The fourth-order valence-electron chi connectivity index (χ4n) is 4.27. The van der Waals surface area contributed by atoms with Gasteiger partial charge in [-0.1, -0.05) is 85.6 Å². The van der Waals surface area contributed by atoms with Gasteiger partial charge in [0, 0.05) is 5.57 Å². The van der Waals surface area contributed by atoms with E-state index < -0.39 is 17.4 Å². The van der Waals surface area contributed by atoms with Crippen LogP contribution in [0.3, 0.4) is 0 Å². The summed E-state index contributed by atoms with van der Waals surface area (Å²) in [6.45, 7) is 11.9. The molecule has 4 heteroatoms. The third-order valence-corrected chi connectivity index (χ3v) is 5.70. The van der Waals surface area contributed by atoms with Gasteiger partial charge >= 0.3 is 11.9 Å². The fraction of sp³-hybridized carbons (Fsp3) is 0.810. The van der Waals surface area contributed by atoms with Crippen molar-refractivity contribution >= 4 is 11.9 Å². The van der Waals surface area contributed by atoms with Crippen LogP contribution in [0.2, 0.25) is 0 Å². The molecule has 0 radical (unpaired) electrons. The highest BCUT2D eigenvalue weighted by Gasteiger charge is 2.53. The Balaban J connectivity index is 5.96. The van der Waals surface area contributed by atoms with Crippen molar-refractivity contribution in [2.45, 2.75) is 91.9 Å². The Bertz CT molecular complexity index is 410. The first-order chi connectivity index (χ1) is 11.8. The Morgan fingerprint density at radius 1 is 0.840 bits per heavy atom. The highest BCUT2D eigenvalue weighted by Crippen LogP contribution is 2.49. The first kappa shape index (κ1) is 23.7. The van der Waals surface area contributed by atoms with Crippen molar-refractivity contribution < 1.29 is 19.8 Å². The van der Waals surface area contributed by atoms with Crippen molar-refractivity contribution in [3.8, 4) is 0 Å². The molecule has 2 N–H and O–H groups in total. The minimum absolute atomic E-state index is 0.133. The molecule has 146 valence electrons. The molecule has 0 spiro atoms. The molecule has 0 aromatic heterocycles. The number of carboxylic acid groups (broad SMARTS) is 2. The van der Waals surface area contributed by atoms with E-state index in [9.17, 15) is 19.8 Å². The molecule has 0 aliphatic heterocycles. The van der Waals surface area contributed by atoms with E-state index in [1.807, 2.05) is 13.8 Å². The summed E-state index contributed by atoms with van der Waals surface area (Å²) in [7, 11) is 0. The van der Waals surface area contributed by atoms with Crippen LogP contribution in [0, 0.1) is 17.3 Å². The van der Waals surface area contributed by atoms with Gasteiger partial charge in [-0.2, -0.15) is 0 Å². The van der Waals surface area contributed by atoms with E-state index in [4.69, 9.17) is 0 Å². The molecular formula is C21H38O4. The summed E-state index contributed by atoms with van der Waals surface area (Å²) in [6.07, 6.45) is 8.87. The molecule has 0 fully saturated rings. The topological polar surface area (TPSA) is 74.6 Å². The van der Waals surface area contributed by atoms with Crippen molar-refractivity contribution in [2.24, 2.45) is 17.3 Å². The number of aliphatic carboxylic acids is 2. The molecule has 2 atom stereocenters. The Morgan fingerprint density at radius 2 is 1.24 bits per heavy atom. The second-order valence-electron chi connectivity index (χ2n) is 7.16. The lowest BCUT2D eigenvalue weighted by Crippen LogP contribution is -2.48. The number of carboxylic acids is 2. The number of rotatable bonds is 15. The average Bonchev–Trinajstić information content (AvgIpc) is 2.58. The Kier molecular flexibility index (Phi) is 11.5. The summed E-state index contributed by atoms with van der Waals surface area (Å²) in [5.74, 6) is -2.56. The molecule has 4 nitrogen and oxygen atoms in total. The zero-order valence-corrected chi connectivity index (χ0v) is 16.6. The van der Waals surface area contributed by atoms with E-state index in [0.717, 1.165) is 51.4 Å². The van der Waals surface area contributed by atoms with Crippen LogP contribution in [-0.2, 0) is 9.59 Å². The van der Waals surface area contributed by atoms with Gasteiger partial charge in [0.25, 0.3) is 0 Å². The van der Waals surface area contributed by atoms with Crippen molar-refractivity contribution in [3.05, 3.63) is 12.2 Å².